The van der Waals surface area contributed by atoms with Crippen LogP contribution < -0.4 is 9.62 Å². The average Bonchev–Trinajstić information content (AvgIpc) is 2.92. The van der Waals surface area contributed by atoms with Crippen molar-refractivity contribution in [1.82, 2.24) is 14.5 Å². The van der Waals surface area contributed by atoms with Gasteiger partial charge in [0.25, 0.3) is 0 Å². The summed E-state index contributed by atoms with van der Waals surface area (Å²) in [6.45, 7) is 2.97. The monoisotopic (exact) mass is 604 g/mol. The van der Waals surface area contributed by atoms with E-state index in [4.69, 9.17) is 23.2 Å². The zero-order chi connectivity index (χ0) is 29.6. The molecule has 0 saturated heterocycles. The van der Waals surface area contributed by atoms with Gasteiger partial charge in [0.15, 0.2) is 0 Å². The van der Waals surface area contributed by atoms with E-state index >= 15 is 0 Å². The molecule has 8 nitrogen and oxygen atoms in total. The molecule has 0 aliphatic rings. The van der Waals surface area contributed by atoms with Gasteiger partial charge in [-0.3, -0.25) is 9.59 Å². The number of carbonyl (C=O) groups is 2. The van der Waals surface area contributed by atoms with E-state index < -0.39 is 34.6 Å². The quantitative estimate of drug-likeness (QED) is 0.346. The van der Waals surface area contributed by atoms with Crippen LogP contribution in [0.4, 0.5) is 5.69 Å². The van der Waals surface area contributed by atoms with E-state index in [1.165, 1.54) is 26.0 Å². The maximum Gasteiger partial charge on any atom is 0.304 e. The van der Waals surface area contributed by atoms with Crippen molar-refractivity contribution in [3.63, 3.8) is 0 Å². The van der Waals surface area contributed by atoms with Crippen molar-refractivity contribution in [2.45, 2.75) is 32.9 Å². The molecular formula is C29H34Cl2N4O4S. The minimum Gasteiger partial charge on any atom is -0.357 e. The first-order chi connectivity index (χ1) is 18.9. The second-order valence-corrected chi connectivity index (χ2v) is 12.5. The van der Waals surface area contributed by atoms with Gasteiger partial charge in [0, 0.05) is 49.7 Å². The van der Waals surface area contributed by atoms with Crippen LogP contribution in [-0.4, -0.2) is 63.2 Å². The fraction of sp³-hybridized carbons (Fsp3) is 0.310. The molecule has 40 heavy (non-hydrogen) atoms. The molecule has 0 aromatic heterocycles. The first-order valence-electron chi connectivity index (χ1n) is 12.6. The van der Waals surface area contributed by atoms with Crippen LogP contribution in [0.1, 0.15) is 22.3 Å². The molecule has 0 aliphatic heterocycles. The van der Waals surface area contributed by atoms with E-state index in [2.05, 4.69) is 5.32 Å². The maximum atomic E-state index is 14.2. The van der Waals surface area contributed by atoms with Crippen LogP contribution in [0, 0.1) is 13.8 Å². The van der Waals surface area contributed by atoms with Crippen LogP contribution in [0.15, 0.2) is 66.7 Å². The largest absolute Gasteiger partial charge is 0.357 e. The number of rotatable bonds is 11. The SMILES string of the molecule is CNC(=O)[C@H](Cc1ccccc1)N(Cc1c(Cl)cccc1Cl)C(=O)CN(c1cc(C)ccc1C)S(=O)(=O)N(C)C. The number of nitrogens with zero attached hydrogens (tertiary/aromatic N) is 3. The molecule has 0 aliphatic carbocycles. The molecule has 1 N–H and O–H groups in total. The standard InChI is InChI=1S/C29H34Cl2N4O4S/c1-20-14-15-21(2)26(16-20)35(40(38,39)33(4)5)19-28(36)34(18-23-24(30)12-9-13-25(23)31)27(29(37)32-3)17-22-10-7-6-8-11-22/h6-16,27H,17-19H2,1-5H3,(H,32,37)/t27-/m0/s1. The molecule has 3 rings (SSSR count). The number of amides is 2. The topological polar surface area (TPSA) is 90.0 Å². The van der Waals surface area contributed by atoms with Crippen molar-refractivity contribution in [2.75, 3.05) is 32.0 Å². The van der Waals surface area contributed by atoms with Gasteiger partial charge in [-0.1, -0.05) is 71.7 Å². The summed E-state index contributed by atoms with van der Waals surface area (Å²) in [6, 6.07) is 18.7. The zero-order valence-electron chi connectivity index (χ0n) is 23.2. The number of halogens is 2. The van der Waals surface area contributed by atoms with Crippen molar-refractivity contribution < 1.29 is 18.0 Å². The number of aryl methyl sites for hydroxylation is 2. The lowest BCUT2D eigenvalue weighted by Gasteiger charge is -2.35. The number of likely N-dealkylation sites (N-methyl/N-ethyl adjacent to an activating group) is 1. The molecule has 0 unspecified atom stereocenters. The van der Waals surface area contributed by atoms with E-state index in [9.17, 15) is 18.0 Å². The summed E-state index contributed by atoms with van der Waals surface area (Å²) in [6.07, 6.45) is 0.193. The molecule has 214 valence electrons. The summed E-state index contributed by atoms with van der Waals surface area (Å²) >= 11 is 12.9. The van der Waals surface area contributed by atoms with Gasteiger partial charge in [-0.25, -0.2) is 4.31 Å². The molecule has 11 heteroatoms. The van der Waals surface area contributed by atoms with E-state index in [1.807, 2.05) is 43.3 Å². The second-order valence-electron chi connectivity index (χ2n) is 9.63. The highest BCUT2D eigenvalue weighted by Crippen LogP contribution is 2.29. The molecule has 0 heterocycles. The lowest BCUT2D eigenvalue weighted by atomic mass is 10.0. The van der Waals surface area contributed by atoms with Crippen molar-refractivity contribution in [2.24, 2.45) is 0 Å². The number of hydrogen-bond donors (Lipinski definition) is 1. The van der Waals surface area contributed by atoms with E-state index in [0.29, 0.717) is 26.9 Å². The lowest BCUT2D eigenvalue weighted by molar-refractivity contribution is -0.139. The van der Waals surface area contributed by atoms with E-state index in [-0.39, 0.29) is 13.0 Å². The highest BCUT2D eigenvalue weighted by atomic mass is 35.5. The Morgan fingerprint density at radius 3 is 2.12 bits per heavy atom. The Morgan fingerprint density at radius 1 is 0.925 bits per heavy atom. The van der Waals surface area contributed by atoms with Gasteiger partial charge in [0.05, 0.1) is 5.69 Å². The molecule has 3 aromatic rings. The van der Waals surface area contributed by atoms with E-state index in [1.54, 1.807) is 37.3 Å². The molecule has 0 bridgehead atoms. The normalized spacial score (nSPS) is 12.2. The zero-order valence-corrected chi connectivity index (χ0v) is 25.5. The molecule has 3 aromatic carbocycles. The lowest BCUT2D eigenvalue weighted by Crippen LogP contribution is -2.54. The minimum atomic E-state index is -4.09. The van der Waals surface area contributed by atoms with Crippen molar-refractivity contribution >= 4 is 50.9 Å². The number of nitrogens with one attached hydrogen (secondary N) is 1. The van der Waals surface area contributed by atoms with E-state index in [0.717, 1.165) is 19.7 Å². The van der Waals surface area contributed by atoms with Gasteiger partial charge < -0.3 is 10.2 Å². The smallest absolute Gasteiger partial charge is 0.304 e. The molecular weight excluding hydrogens is 571 g/mol. The van der Waals surface area contributed by atoms with Crippen molar-refractivity contribution in [3.8, 4) is 0 Å². The third kappa shape index (κ3) is 7.34. The molecule has 0 saturated carbocycles. The minimum absolute atomic E-state index is 0.106. The molecule has 2 amide bonds. The third-order valence-corrected chi connectivity index (χ3v) is 9.07. The Morgan fingerprint density at radius 2 is 1.55 bits per heavy atom. The second kappa shape index (κ2) is 13.5. The van der Waals surface area contributed by atoms with Crippen LogP contribution in [0.25, 0.3) is 0 Å². The maximum absolute atomic E-state index is 14.2. The van der Waals surface area contributed by atoms with Crippen LogP contribution in [0.2, 0.25) is 10.0 Å². The first kappa shape index (κ1) is 31.4. The average molecular weight is 606 g/mol. The summed E-state index contributed by atoms with van der Waals surface area (Å²) in [5.41, 5.74) is 3.16. The summed E-state index contributed by atoms with van der Waals surface area (Å²) in [7, 11) is 0.207. The van der Waals surface area contributed by atoms with Crippen LogP contribution >= 0.6 is 23.2 Å². The fourth-order valence-corrected chi connectivity index (χ4v) is 5.89. The van der Waals surface area contributed by atoms with Gasteiger partial charge in [-0.15, -0.1) is 0 Å². The van der Waals surface area contributed by atoms with Crippen molar-refractivity contribution in [1.29, 1.82) is 0 Å². The van der Waals surface area contributed by atoms with Gasteiger partial charge in [-0.2, -0.15) is 12.7 Å². The summed E-state index contributed by atoms with van der Waals surface area (Å²) in [5, 5.41) is 3.30. The summed E-state index contributed by atoms with van der Waals surface area (Å²) < 4.78 is 29.2. The van der Waals surface area contributed by atoms with Crippen LogP contribution in [-0.2, 0) is 32.8 Å². The molecule has 0 fully saturated rings. The predicted octanol–water partition coefficient (Wildman–Crippen LogP) is 4.61. The number of carbonyl (C=O) groups excluding carboxylic acids is 2. The Bertz CT molecular complexity index is 1450. The Labute approximate surface area is 246 Å². The Kier molecular flexibility index (Phi) is 10.6. The Hall–Kier alpha value is -3.11. The fourth-order valence-electron chi connectivity index (χ4n) is 4.26. The van der Waals surface area contributed by atoms with Gasteiger partial charge in [0.2, 0.25) is 11.8 Å². The van der Waals surface area contributed by atoms with Gasteiger partial charge >= 0.3 is 10.2 Å². The van der Waals surface area contributed by atoms with Crippen LogP contribution in [0.5, 0.6) is 0 Å². The van der Waals surface area contributed by atoms with Gasteiger partial charge in [-0.05, 0) is 48.7 Å². The molecule has 1 atom stereocenters. The number of hydrogen-bond acceptors (Lipinski definition) is 4. The van der Waals surface area contributed by atoms with Crippen LogP contribution in [0.3, 0.4) is 0 Å². The molecule has 0 spiro atoms. The summed E-state index contributed by atoms with van der Waals surface area (Å²) in [5.74, 6) is -0.999. The number of benzene rings is 3. The summed E-state index contributed by atoms with van der Waals surface area (Å²) in [4.78, 5) is 28.8. The predicted molar refractivity (Wildman–Crippen MR) is 161 cm³/mol. The first-order valence-corrected chi connectivity index (χ1v) is 14.8. The number of anilines is 1. The third-order valence-electron chi connectivity index (χ3n) is 6.56. The highest BCUT2D eigenvalue weighted by molar-refractivity contribution is 7.90. The van der Waals surface area contributed by atoms with Gasteiger partial charge in [0.1, 0.15) is 12.6 Å². The van der Waals surface area contributed by atoms with Crippen molar-refractivity contribution in [3.05, 3.63) is 99.0 Å². The molecule has 0 radical (unpaired) electrons. The highest BCUT2D eigenvalue weighted by Gasteiger charge is 2.35. The Balaban J connectivity index is 2.15.